The number of para-hydroxylation sites is 1. The number of fused-ring (bicyclic) bond motifs is 1. The Kier molecular flexibility index (Phi) is 6.26. The molecule has 0 fully saturated rings. The number of ether oxygens (including phenoxy) is 1. The van der Waals surface area contributed by atoms with Crippen LogP contribution in [0.5, 0.6) is 0 Å². The van der Waals surface area contributed by atoms with E-state index in [-0.39, 0.29) is 12.4 Å². The SMILES string of the molecule is COCCCNc1nc(-c2cccnc2)nc2ccccc12.[Cl-]. The summed E-state index contributed by atoms with van der Waals surface area (Å²) in [5.41, 5.74) is 1.83. The van der Waals surface area contributed by atoms with Gasteiger partial charge in [-0.05, 0) is 30.7 Å². The molecule has 23 heavy (non-hydrogen) atoms. The third-order valence-corrected chi connectivity index (χ3v) is 3.34. The predicted molar refractivity (Wildman–Crippen MR) is 87.8 cm³/mol. The van der Waals surface area contributed by atoms with Gasteiger partial charge in [0.2, 0.25) is 0 Å². The van der Waals surface area contributed by atoms with E-state index in [4.69, 9.17) is 4.74 Å². The molecule has 2 heterocycles. The predicted octanol–water partition coefficient (Wildman–Crippen LogP) is 0.144. The number of methoxy groups -OCH3 is 1. The van der Waals surface area contributed by atoms with Gasteiger partial charge in [-0.15, -0.1) is 0 Å². The van der Waals surface area contributed by atoms with Crippen molar-refractivity contribution in [2.24, 2.45) is 0 Å². The Bertz CT molecular complexity index is 752. The van der Waals surface area contributed by atoms with Crippen LogP contribution in [0.15, 0.2) is 48.8 Å². The Morgan fingerprint density at radius 1 is 1.09 bits per heavy atom. The molecular formula is C17H18ClN4O-. The Morgan fingerprint density at radius 2 is 1.96 bits per heavy atom. The maximum absolute atomic E-state index is 5.08. The van der Waals surface area contributed by atoms with Crippen LogP contribution >= 0.6 is 0 Å². The van der Waals surface area contributed by atoms with E-state index in [0.29, 0.717) is 5.82 Å². The van der Waals surface area contributed by atoms with Crippen molar-refractivity contribution in [1.29, 1.82) is 0 Å². The first kappa shape index (κ1) is 17.1. The molecule has 2 aromatic heterocycles. The summed E-state index contributed by atoms with van der Waals surface area (Å²) in [4.78, 5) is 13.4. The number of hydrogen-bond acceptors (Lipinski definition) is 5. The highest BCUT2D eigenvalue weighted by molar-refractivity contribution is 5.90. The Hall–Kier alpha value is -2.24. The fraction of sp³-hybridized carbons (Fsp3) is 0.235. The maximum atomic E-state index is 5.08. The minimum absolute atomic E-state index is 0. The van der Waals surface area contributed by atoms with Crippen molar-refractivity contribution in [2.45, 2.75) is 6.42 Å². The van der Waals surface area contributed by atoms with Crippen molar-refractivity contribution in [3.63, 3.8) is 0 Å². The third kappa shape index (κ3) is 4.15. The molecule has 120 valence electrons. The second-order valence-electron chi connectivity index (χ2n) is 4.93. The summed E-state index contributed by atoms with van der Waals surface area (Å²) < 4.78 is 5.08. The van der Waals surface area contributed by atoms with Gasteiger partial charge >= 0.3 is 0 Å². The van der Waals surface area contributed by atoms with E-state index in [1.807, 2.05) is 36.4 Å². The summed E-state index contributed by atoms with van der Waals surface area (Å²) >= 11 is 0. The van der Waals surface area contributed by atoms with E-state index in [2.05, 4.69) is 20.3 Å². The summed E-state index contributed by atoms with van der Waals surface area (Å²) in [5.74, 6) is 1.53. The minimum atomic E-state index is 0. The standard InChI is InChI=1S/C17H18N4O.ClH/c1-22-11-5-10-19-17-14-7-2-3-8-15(14)20-16(21-17)13-6-4-9-18-12-13;/h2-4,6-9,12H,5,10-11H2,1H3,(H,19,20,21);1H/p-1. The topological polar surface area (TPSA) is 59.9 Å². The lowest BCUT2D eigenvalue weighted by molar-refractivity contribution is -0.00000497. The van der Waals surface area contributed by atoms with Crippen LogP contribution in [0.3, 0.4) is 0 Å². The summed E-state index contributed by atoms with van der Waals surface area (Å²) in [5, 5.41) is 4.40. The third-order valence-electron chi connectivity index (χ3n) is 3.34. The molecule has 1 aromatic carbocycles. The van der Waals surface area contributed by atoms with Gasteiger partial charge in [-0.3, -0.25) is 4.98 Å². The van der Waals surface area contributed by atoms with Crippen molar-refractivity contribution < 1.29 is 17.1 Å². The molecule has 1 N–H and O–H groups in total. The zero-order chi connectivity index (χ0) is 15.2. The van der Waals surface area contributed by atoms with Gasteiger partial charge in [-0.2, -0.15) is 0 Å². The van der Waals surface area contributed by atoms with Crippen LogP contribution < -0.4 is 17.7 Å². The van der Waals surface area contributed by atoms with E-state index >= 15 is 0 Å². The fourth-order valence-corrected chi connectivity index (χ4v) is 2.26. The summed E-state index contributed by atoms with van der Waals surface area (Å²) in [7, 11) is 1.71. The highest BCUT2D eigenvalue weighted by Crippen LogP contribution is 2.24. The molecule has 3 aromatic rings. The van der Waals surface area contributed by atoms with Gasteiger partial charge in [0, 0.05) is 43.6 Å². The molecule has 5 nitrogen and oxygen atoms in total. The second-order valence-corrected chi connectivity index (χ2v) is 4.93. The molecule has 0 aliphatic carbocycles. The van der Waals surface area contributed by atoms with Gasteiger partial charge in [0.1, 0.15) is 5.82 Å². The number of anilines is 1. The molecule has 0 bridgehead atoms. The first-order valence-electron chi connectivity index (χ1n) is 7.28. The smallest absolute Gasteiger partial charge is 0.163 e. The van der Waals surface area contributed by atoms with E-state index < -0.39 is 0 Å². The monoisotopic (exact) mass is 329 g/mol. The van der Waals surface area contributed by atoms with Crippen LogP contribution in [0.1, 0.15) is 6.42 Å². The molecule has 0 aliphatic rings. The van der Waals surface area contributed by atoms with Crippen LogP contribution in [-0.4, -0.2) is 35.2 Å². The zero-order valence-corrected chi connectivity index (χ0v) is 13.6. The number of nitrogens with one attached hydrogen (secondary N) is 1. The molecule has 0 atom stereocenters. The average molecular weight is 330 g/mol. The van der Waals surface area contributed by atoms with Crippen molar-refractivity contribution in [3.05, 3.63) is 48.8 Å². The summed E-state index contributed by atoms with van der Waals surface area (Å²) in [6, 6.07) is 11.9. The molecule has 0 spiro atoms. The number of hydrogen-bond donors (Lipinski definition) is 1. The van der Waals surface area contributed by atoms with E-state index in [9.17, 15) is 0 Å². The Morgan fingerprint density at radius 3 is 2.74 bits per heavy atom. The quantitative estimate of drug-likeness (QED) is 0.652. The van der Waals surface area contributed by atoms with Gasteiger partial charge in [0.15, 0.2) is 5.82 Å². The van der Waals surface area contributed by atoms with Crippen LogP contribution in [0, 0.1) is 0 Å². The number of rotatable bonds is 6. The van der Waals surface area contributed by atoms with Gasteiger partial charge in [0.05, 0.1) is 5.52 Å². The highest BCUT2D eigenvalue weighted by Gasteiger charge is 2.08. The molecule has 0 saturated heterocycles. The number of halogens is 1. The van der Waals surface area contributed by atoms with Crippen LogP contribution in [0.2, 0.25) is 0 Å². The van der Waals surface area contributed by atoms with Crippen molar-refractivity contribution >= 4 is 16.7 Å². The molecule has 6 heteroatoms. The summed E-state index contributed by atoms with van der Waals surface area (Å²) in [6.45, 7) is 1.53. The first-order valence-corrected chi connectivity index (χ1v) is 7.28. The zero-order valence-electron chi connectivity index (χ0n) is 12.9. The first-order chi connectivity index (χ1) is 10.9. The largest absolute Gasteiger partial charge is 1.00 e. The molecule has 0 saturated carbocycles. The number of benzene rings is 1. The fourth-order valence-electron chi connectivity index (χ4n) is 2.26. The molecule has 0 amide bonds. The van der Waals surface area contributed by atoms with Gasteiger partial charge < -0.3 is 22.5 Å². The Balaban J connectivity index is 0.00000192. The van der Waals surface area contributed by atoms with Crippen molar-refractivity contribution in [2.75, 3.05) is 25.6 Å². The van der Waals surface area contributed by atoms with E-state index in [1.165, 1.54) is 0 Å². The number of nitrogens with zero attached hydrogens (tertiary/aromatic N) is 3. The lowest BCUT2D eigenvalue weighted by Crippen LogP contribution is -3.00. The van der Waals surface area contributed by atoms with Gasteiger partial charge in [-0.1, -0.05) is 12.1 Å². The molecule has 0 radical (unpaired) electrons. The molecular weight excluding hydrogens is 312 g/mol. The normalized spacial score (nSPS) is 10.3. The van der Waals surface area contributed by atoms with Gasteiger partial charge in [0.25, 0.3) is 0 Å². The highest BCUT2D eigenvalue weighted by atomic mass is 35.5. The van der Waals surface area contributed by atoms with Crippen molar-refractivity contribution in [1.82, 2.24) is 15.0 Å². The van der Waals surface area contributed by atoms with Crippen LogP contribution in [-0.2, 0) is 4.74 Å². The number of aromatic nitrogens is 3. The van der Waals surface area contributed by atoms with Crippen molar-refractivity contribution in [3.8, 4) is 11.4 Å². The summed E-state index contributed by atoms with van der Waals surface area (Å²) in [6.07, 6.45) is 4.45. The molecule has 3 rings (SSSR count). The molecule has 0 unspecified atom stereocenters. The van der Waals surface area contributed by atoms with E-state index in [0.717, 1.165) is 41.9 Å². The second kappa shape index (κ2) is 8.41. The Labute approximate surface area is 141 Å². The van der Waals surface area contributed by atoms with Crippen LogP contribution in [0.4, 0.5) is 5.82 Å². The molecule has 0 aliphatic heterocycles. The lowest BCUT2D eigenvalue weighted by Gasteiger charge is -2.10. The maximum Gasteiger partial charge on any atom is 0.163 e. The van der Waals surface area contributed by atoms with Gasteiger partial charge in [-0.25, -0.2) is 9.97 Å². The van der Waals surface area contributed by atoms with E-state index in [1.54, 1.807) is 19.5 Å². The lowest BCUT2D eigenvalue weighted by atomic mass is 10.2. The number of pyridine rings is 1. The van der Waals surface area contributed by atoms with Crippen LogP contribution in [0.25, 0.3) is 22.3 Å². The minimum Gasteiger partial charge on any atom is -1.00 e. The average Bonchev–Trinajstić information content (AvgIpc) is 2.59.